The summed E-state index contributed by atoms with van der Waals surface area (Å²) in [6.45, 7) is 13.2. The Balaban J connectivity index is 0. The van der Waals surface area contributed by atoms with E-state index in [1.165, 1.54) is 0 Å². The van der Waals surface area contributed by atoms with Gasteiger partial charge in [-0.1, -0.05) is 13.3 Å². The van der Waals surface area contributed by atoms with Gasteiger partial charge in [-0.05, 0) is 20.8 Å². The van der Waals surface area contributed by atoms with Crippen LogP contribution >= 0.6 is 0 Å². The maximum atomic E-state index is 5.65. The molecule has 5 N–H and O–H groups in total. The first kappa shape index (κ1) is 22.3. The van der Waals surface area contributed by atoms with Gasteiger partial charge in [0.1, 0.15) is 0 Å². The molecule has 0 unspecified atom stereocenters. The van der Waals surface area contributed by atoms with E-state index in [-0.39, 0.29) is 0 Å². The molecule has 124 valence electrons. The minimum Gasteiger partial charge on any atom is -0.374 e. The van der Waals surface area contributed by atoms with Gasteiger partial charge in [0.15, 0.2) is 0 Å². The van der Waals surface area contributed by atoms with Crippen molar-refractivity contribution in [1.82, 2.24) is 5.32 Å². The molecule has 0 aliphatic carbocycles. The molecule has 0 heterocycles. The lowest BCUT2D eigenvalue weighted by Crippen LogP contribution is -2.45. The lowest BCUT2D eigenvalue weighted by Gasteiger charge is -2.27. The van der Waals surface area contributed by atoms with Crippen molar-refractivity contribution in [1.29, 1.82) is 0 Å². The van der Waals surface area contributed by atoms with Crippen LogP contribution in [0, 0.1) is 0 Å². The summed E-state index contributed by atoms with van der Waals surface area (Å²) >= 11 is 0. The van der Waals surface area contributed by atoms with E-state index >= 15 is 0 Å². The molecule has 0 rings (SSSR count). The van der Waals surface area contributed by atoms with Crippen molar-refractivity contribution < 1.29 is 13.3 Å². The fraction of sp³-hybridized carbons (Fsp3) is 1.00. The number of nitrogens with two attached hydrogens (primary N) is 2. The highest BCUT2D eigenvalue weighted by atomic mass is 28.4. The molecule has 0 aromatic carbocycles. The highest BCUT2D eigenvalue weighted by molar-refractivity contribution is 6.60. The second kappa shape index (κ2) is 17.0. The zero-order valence-electron chi connectivity index (χ0n) is 13.7. The molecule has 0 saturated heterocycles. The Morgan fingerprint density at radius 2 is 1.20 bits per heavy atom. The van der Waals surface area contributed by atoms with Crippen LogP contribution in [-0.2, 0) is 13.3 Å². The molecule has 0 fully saturated rings. The van der Waals surface area contributed by atoms with Gasteiger partial charge in [-0.15, -0.1) is 0 Å². The number of rotatable bonds is 12. The van der Waals surface area contributed by atoms with E-state index in [9.17, 15) is 0 Å². The first-order chi connectivity index (χ1) is 9.66. The Kier molecular flexibility index (Phi) is 19.0. The van der Waals surface area contributed by atoms with Gasteiger partial charge in [0, 0.05) is 52.0 Å². The van der Waals surface area contributed by atoms with Crippen LogP contribution in [0.3, 0.4) is 0 Å². The van der Waals surface area contributed by atoms with E-state index in [4.69, 9.17) is 24.7 Å². The minimum absolute atomic E-state index is 0.673. The Morgan fingerprint density at radius 1 is 0.800 bits per heavy atom. The van der Waals surface area contributed by atoms with Crippen molar-refractivity contribution in [3.05, 3.63) is 0 Å². The van der Waals surface area contributed by atoms with Crippen LogP contribution in [0.1, 0.15) is 34.1 Å². The Bertz CT molecular complexity index is 155. The van der Waals surface area contributed by atoms with Crippen LogP contribution in [0.4, 0.5) is 0 Å². The average molecular weight is 310 g/mol. The number of nitrogens with one attached hydrogen (secondary N) is 1. The molecule has 0 aliphatic heterocycles. The van der Waals surface area contributed by atoms with Gasteiger partial charge >= 0.3 is 8.80 Å². The van der Waals surface area contributed by atoms with Crippen molar-refractivity contribution >= 4 is 8.80 Å². The van der Waals surface area contributed by atoms with Crippen LogP contribution in [0.15, 0.2) is 0 Å². The van der Waals surface area contributed by atoms with E-state index in [1.807, 2.05) is 20.8 Å². The van der Waals surface area contributed by atoms with E-state index < -0.39 is 8.80 Å². The van der Waals surface area contributed by atoms with Gasteiger partial charge in [0.05, 0.1) is 0 Å². The molecule has 0 atom stereocenters. The second-order valence-electron chi connectivity index (χ2n) is 4.06. The van der Waals surface area contributed by atoms with Gasteiger partial charge < -0.3 is 30.1 Å². The maximum absolute atomic E-state index is 5.65. The molecular weight excluding hydrogens is 274 g/mol. The predicted octanol–water partition coefficient (Wildman–Crippen LogP) is 0.938. The first-order valence-corrected chi connectivity index (χ1v) is 9.62. The Hall–Kier alpha value is -0.0231. The molecule has 0 amide bonds. The lowest BCUT2D eigenvalue weighted by molar-refractivity contribution is 0.0712. The van der Waals surface area contributed by atoms with Gasteiger partial charge in [0.2, 0.25) is 0 Å². The van der Waals surface area contributed by atoms with Gasteiger partial charge in [-0.25, -0.2) is 0 Å². The van der Waals surface area contributed by atoms with Crippen molar-refractivity contribution in [2.75, 3.05) is 46.0 Å². The third-order valence-corrected chi connectivity index (χ3v) is 5.59. The molecule has 0 saturated carbocycles. The third-order valence-electron chi connectivity index (χ3n) is 2.29. The monoisotopic (exact) mass is 309 g/mol. The summed E-state index contributed by atoms with van der Waals surface area (Å²) in [7, 11) is -2.30. The Labute approximate surface area is 125 Å². The van der Waals surface area contributed by atoms with Crippen LogP contribution < -0.4 is 16.8 Å². The second-order valence-corrected chi connectivity index (χ2v) is 6.79. The van der Waals surface area contributed by atoms with Gasteiger partial charge in [0.25, 0.3) is 0 Å². The third kappa shape index (κ3) is 13.0. The van der Waals surface area contributed by atoms with Crippen LogP contribution in [0.2, 0.25) is 6.04 Å². The summed E-state index contributed by atoms with van der Waals surface area (Å²) in [4.78, 5) is 0. The molecule has 0 aromatic rings. The van der Waals surface area contributed by atoms with Crippen molar-refractivity contribution in [2.45, 2.75) is 40.2 Å². The smallest absolute Gasteiger partial charge is 0.374 e. The lowest BCUT2D eigenvalue weighted by atomic mass is 10.6. The summed E-state index contributed by atoms with van der Waals surface area (Å²) in [5.41, 5.74) is 10.3. The van der Waals surface area contributed by atoms with Gasteiger partial charge in [-0.3, -0.25) is 0 Å². The first-order valence-electron chi connectivity index (χ1n) is 7.68. The fourth-order valence-electron chi connectivity index (χ4n) is 1.64. The van der Waals surface area contributed by atoms with Crippen LogP contribution in [0.25, 0.3) is 0 Å². The zero-order valence-corrected chi connectivity index (χ0v) is 14.7. The molecule has 0 radical (unpaired) electrons. The molecule has 6 nitrogen and oxygen atoms in total. The van der Waals surface area contributed by atoms with E-state index in [0.717, 1.165) is 25.6 Å². The fourth-order valence-corrected chi connectivity index (χ4v) is 4.25. The zero-order chi connectivity index (χ0) is 15.7. The number of hydrogen-bond acceptors (Lipinski definition) is 6. The highest BCUT2D eigenvalue weighted by Crippen LogP contribution is 2.17. The summed E-state index contributed by atoms with van der Waals surface area (Å²) in [6.07, 6.45) is 1.05. The summed E-state index contributed by atoms with van der Waals surface area (Å²) in [5, 5.41) is 3.03. The molecule has 20 heavy (non-hydrogen) atoms. The van der Waals surface area contributed by atoms with E-state index in [2.05, 4.69) is 12.2 Å². The highest BCUT2D eigenvalue weighted by Gasteiger charge is 2.38. The topological polar surface area (TPSA) is 91.8 Å². The van der Waals surface area contributed by atoms with Crippen molar-refractivity contribution in [3.8, 4) is 0 Å². The molecule has 0 aromatic heterocycles. The molecule has 0 spiro atoms. The molecule has 7 heteroatoms. The molecular formula is C13H35N3O3Si. The van der Waals surface area contributed by atoms with Crippen molar-refractivity contribution in [3.63, 3.8) is 0 Å². The Morgan fingerprint density at radius 3 is 1.45 bits per heavy atom. The van der Waals surface area contributed by atoms with E-state index in [1.54, 1.807) is 0 Å². The normalized spacial score (nSPS) is 11.1. The number of hydrogen-bond donors (Lipinski definition) is 3. The predicted molar refractivity (Wildman–Crippen MR) is 86.7 cm³/mol. The van der Waals surface area contributed by atoms with Crippen LogP contribution in [-0.4, -0.2) is 54.8 Å². The van der Waals surface area contributed by atoms with Crippen LogP contribution in [0.5, 0.6) is 0 Å². The van der Waals surface area contributed by atoms with E-state index in [0.29, 0.717) is 32.9 Å². The quantitative estimate of drug-likeness (QED) is 0.367. The molecule has 0 bridgehead atoms. The summed E-state index contributed by atoms with van der Waals surface area (Å²) < 4.78 is 16.9. The standard InChI is InChI=1S/C9H22O3Si.C4H13N3/c1-5-9-13(10-6-2,11-7-3)12-8-4;5-1-3-7-4-2-6/h5-9H2,1-4H3;7H,1-6H2. The summed E-state index contributed by atoms with van der Waals surface area (Å²) in [6, 6.07) is 0.919. The SMILES string of the molecule is CCC[Si](OCC)(OCC)OCC.NCCNCCN. The molecule has 0 aliphatic rings. The largest absolute Gasteiger partial charge is 0.500 e. The maximum Gasteiger partial charge on any atom is 0.500 e. The summed E-state index contributed by atoms with van der Waals surface area (Å²) in [5.74, 6) is 0. The average Bonchev–Trinajstić information content (AvgIpc) is 2.41. The van der Waals surface area contributed by atoms with Gasteiger partial charge in [-0.2, -0.15) is 0 Å². The minimum atomic E-state index is -2.30. The van der Waals surface area contributed by atoms with Crippen molar-refractivity contribution in [2.24, 2.45) is 11.5 Å².